The fourth-order valence-corrected chi connectivity index (χ4v) is 6.33. The predicted molar refractivity (Wildman–Crippen MR) is 126 cm³/mol. The molecule has 3 aliphatic rings. The molecule has 0 radical (unpaired) electrons. The van der Waals surface area contributed by atoms with Crippen molar-refractivity contribution in [1.29, 1.82) is 0 Å². The summed E-state index contributed by atoms with van der Waals surface area (Å²) < 4.78 is 5.52. The van der Waals surface area contributed by atoms with E-state index in [2.05, 4.69) is 22.0 Å². The van der Waals surface area contributed by atoms with Gasteiger partial charge in [0.05, 0.1) is 17.6 Å². The van der Waals surface area contributed by atoms with Gasteiger partial charge in [-0.1, -0.05) is 24.3 Å². The first-order chi connectivity index (χ1) is 15.9. The fourth-order valence-electron chi connectivity index (χ4n) is 6.33. The van der Waals surface area contributed by atoms with Crippen LogP contribution in [-0.4, -0.2) is 52.3 Å². The van der Waals surface area contributed by atoms with Crippen LogP contribution < -0.4 is 4.74 Å². The molecule has 33 heavy (non-hydrogen) atoms. The minimum atomic E-state index is -0.973. The first-order valence-electron chi connectivity index (χ1n) is 11.8. The number of hydrogen-bond donors (Lipinski definition) is 2. The summed E-state index contributed by atoms with van der Waals surface area (Å²) in [5, 5.41) is 25.0. The highest BCUT2D eigenvalue weighted by atomic mass is 16.6. The number of β-amino-alcohol motifs (C(OH)–C–C–N with tert-alkyl or cyclic N) is 1. The summed E-state index contributed by atoms with van der Waals surface area (Å²) in [7, 11) is 1.66. The van der Waals surface area contributed by atoms with E-state index in [1.807, 2.05) is 18.2 Å². The highest BCUT2D eigenvalue weighted by Crippen LogP contribution is 2.52. The average molecular weight is 448 g/mol. The van der Waals surface area contributed by atoms with Crippen molar-refractivity contribution < 1.29 is 14.8 Å². The summed E-state index contributed by atoms with van der Waals surface area (Å²) >= 11 is 0. The van der Waals surface area contributed by atoms with Crippen molar-refractivity contribution in [2.24, 2.45) is 5.92 Å². The number of nitrogens with one attached hydrogen (secondary N) is 1. The number of nitro benzene ring substituents is 1. The first kappa shape index (κ1) is 20.7. The minimum absolute atomic E-state index is 0.0858. The summed E-state index contributed by atoms with van der Waals surface area (Å²) in [5.41, 5.74) is 2.29. The van der Waals surface area contributed by atoms with Gasteiger partial charge in [0, 0.05) is 48.5 Å². The molecule has 0 bridgehead atoms. The van der Waals surface area contributed by atoms with Crippen LogP contribution in [0.5, 0.6) is 5.75 Å². The number of methoxy groups -OCH3 is 1. The van der Waals surface area contributed by atoms with Gasteiger partial charge in [-0.3, -0.25) is 10.1 Å². The van der Waals surface area contributed by atoms with Crippen LogP contribution in [0.25, 0.3) is 10.9 Å². The van der Waals surface area contributed by atoms with Crippen LogP contribution >= 0.6 is 0 Å². The van der Waals surface area contributed by atoms with E-state index < -0.39 is 11.0 Å². The van der Waals surface area contributed by atoms with Crippen molar-refractivity contribution >= 4 is 16.6 Å². The number of nitro groups is 1. The van der Waals surface area contributed by atoms with Crippen molar-refractivity contribution in [2.45, 2.75) is 43.1 Å². The number of non-ortho nitro benzene ring substituents is 1. The van der Waals surface area contributed by atoms with E-state index in [1.165, 1.54) is 12.8 Å². The molecule has 172 valence electrons. The van der Waals surface area contributed by atoms with Gasteiger partial charge in [0.25, 0.3) is 5.69 Å². The number of para-hydroxylation sites is 1. The first-order valence-corrected chi connectivity index (χ1v) is 11.8. The molecule has 1 aliphatic heterocycles. The number of aromatic amines is 1. The van der Waals surface area contributed by atoms with Gasteiger partial charge in [-0.05, 0) is 55.0 Å². The summed E-state index contributed by atoms with van der Waals surface area (Å²) in [6.45, 7) is 2.59. The molecule has 0 spiro atoms. The summed E-state index contributed by atoms with van der Waals surface area (Å²) in [6, 6.07) is 13.3. The Hall–Kier alpha value is -2.90. The van der Waals surface area contributed by atoms with Crippen molar-refractivity contribution in [3.05, 3.63) is 69.4 Å². The third-order valence-corrected chi connectivity index (χ3v) is 8.22. The average Bonchev–Trinajstić information content (AvgIpc) is 3.56. The Kier molecular flexibility index (Phi) is 4.58. The molecule has 1 saturated heterocycles. The van der Waals surface area contributed by atoms with Crippen molar-refractivity contribution in [3.63, 3.8) is 0 Å². The molecule has 2 atom stereocenters. The molecule has 2 heterocycles. The maximum atomic E-state index is 12.4. The Morgan fingerprint density at radius 2 is 2.06 bits per heavy atom. The van der Waals surface area contributed by atoms with Crippen LogP contribution in [0.15, 0.2) is 42.5 Å². The number of aliphatic hydroxyl groups is 1. The zero-order valence-electron chi connectivity index (χ0n) is 18.8. The maximum absolute atomic E-state index is 12.4. The summed E-state index contributed by atoms with van der Waals surface area (Å²) in [6.07, 6.45) is 4.50. The SMILES string of the molecule is COc1cccc([C@@]23CCN(CC4CC4)C[C@@]2(O)Cc2c([nH]c4c([N+](=O)[O-])cccc24)C3)c1. The van der Waals surface area contributed by atoms with Gasteiger partial charge in [-0.25, -0.2) is 0 Å². The van der Waals surface area contributed by atoms with E-state index in [-0.39, 0.29) is 10.6 Å². The third-order valence-electron chi connectivity index (χ3n) is 8.22. The van der Waals surface area contributed by atoms with E-state index in [0.29, 0.717) is 24.9 Å². The molecule has 2 fully saturated rings. The fraction of sp³-hybridized carbons (Fsp3) is 0.462. The number of fused-ring (bicyclic) bond motifs is 4. The van der Waals surface area contributed by atoms with Gasteiger partial charge in [0.15, 0.2) is 0 Å². The molecule has 2 aliphatic carbocycles. The molecule has 6 rings (SSSR count). The molecule has 1 saturated carbocycles. The van der Waals surface area contributed by atoms with Crippen LogP contribution in [0, 0.1) is 16.0 Å². The van der Waals surface area contributed by atoms with E-state index in [0.717, 1.165) is 53.4 Å². The maximum Gasteiger partial charge on any atom is 0.293 e. The predicted octanol–water partition coefficient (Wildman–Crippen LogP) is 3.97. The normalized spacial score (nSPS) is 27.2. The Labute approximate surface area is 192 Å². The minimum Gasteiger partial charge on any atom is -0.497 e. The molecule has 0 unspecified atom stereocenters. The quantitative estimate of drug-likeness (QED) is 0.456. The zero-order valence-corrected chi connectivity index (χ0v) is 18.8. The smallest absolute Gasteiger partial charge is 0.293 e. The van der Waals surface area contributed by atoms with Gasteiger partial charge < -0.3 is 19.7 Å². The molecular weight excluding hydrogens is 418 g/mol. The van der Waals surface area contributed by atoms with Gasteiger partial charge in [0.2, 0.25) is 0 Å². The Balaban J connectivity index is 1.50. The van der Waals surface area contributed by atoms with Gasteiger partial charge in [0.1, 0.15) is 11.3 Å². The van der Waals surface area contributed by atoms with Crippen molar-refractivity contribution in [3.8, 4) is 5.75 Å². The molecule has 2 aromatic carbocycles. The second-order valence-electron chi connectivity index (χ2n) is 10.2. The van der Waals surface area contributed by atoms with Crippen LogP contribution in [0.1, 0.15) is 36.1 Å². The summed E-state index contributed by atoms with van der Waals surface area (Å²) in [4.78, 5) is 17.2. The standard InChI is InChI=1S/C26H29N3O4/c1-33-19-5-2-4-18(12-19)25-10-11-28(15-17-8-9-17)16-26(25,30)13-21-20-6-3-7-23(29(31)32)24(20)27-22(21)14-25/h2-7,12,17,27,30H,8-11,13-16H2,1H3/t25-,26-/m0/s1. The molecule has 0 amide bonds. The van der Waals surface area contributed by atoms with Crippen LogP contribution in [0.3, 0.4) is 0 Å². The lowest BCUT2D eigenvalue weighted by Crippen LogP contribution is -2.66. The Bertz CT molecular complexity index is 1250. The second kappa shape index (κ2) is 7.30. The van der Waals surface area contributed by atoms with Crippen molar-refractivity contribution in [1.82, 2.24) is 9.88 Å². The zero-order chi connectivity index (χ0) is 22.8. The van der Waals surface area contributed by atoms with Crippen LogP contribution in [0.2, 0.25) is 0 Å². The lowest BCUT2D eigenvalue weighted by Gasteiger charge is -2.56. The molecule has 7 nitrogen and oxygen atoms in total. The number of benzene rings is 2. The van der Waals surface area contributed by atoms with E-state index >= 15 is 0 Å². The second-order valence-corrected chi connectivity index (χ2v) is 10.2. The van der Waals surface area contributed by atoms with Crippen molar-refractivity contribution in [2.75, 3.05) is 26.7 Å². The number of hydrogen-bond acceptors (Lipinski definition) is 5. The highest BCUT2D eigenvalue weighted by Gasteiger charge is 2.58. The van der Waals surface area contributed by atoms with Gasteiger partial charge >= 0.3 is 0 Å². The van der Waals surface area contributed by atoms with E-state index in [9.17, 15) is 15.2 Å². The van der Waals surface area contributed by atoms with E-state index in [1.54, 1.807) is 19.2 Å². The monoisotopic (exact) mass is 447 g/mol. The number of nitrogens with zero attached hydrogens (tertiary/aromatic N) is 2. The van der Waals surface area contributed by atoms with Gasteiger partial charge in [-0.15, -0.1) is 0 Å². The Morgan fingerprint density at radius 1 is 1.24 bits per heavy atom. The van der Waals surface area contributed by atoms with Crippen LogP contribution in [0.4, 0.5) is 5.69 Å². The highest BCUT2D eigenvalue weighted by molar-refractivity contribution is 5.92. The number of likely N-dealkylation sites (tertiary alicyclic amines) is 1. The van der Waals surface area contributed by atoms with Crippen LogP contribution in [-0.2, 0) is 18.3 Å². The lowest BCUT2D eigenvalue weighted by molar-refractivity contribution is -0.383. The molecule has 7 heteroatoms. The number of ether oxygens (including phenoxy) is 1. The third kappa shape index (κ3) is 3.17. The molecule has 3 aromatic rings. The largest absolute Gasteiger partial charge is 0.497 e. The summed E-state index contributed by atoms with van der Waals surface area (Å²) in [5.74, 6) is 1.54. The molecule has 2 N–H and O–H groups in total. The Morgan fingerprint density at radius 3 is 2.82 bits per heavy atom. The topological polar surface area (TPSA) is 91.6 Å². The lowest BCUT2D eigenvalue weighted by atomic mass is 9.56. The number of rotatable bonds is 5. The number of piperidine rings is 1. The number of aromatic nitrogens is 1. The molecular formula is C26H29N3O4. The molecule has 1 aromatic heterocycles. The van der Waals surface area contributed by atoms with Gasteiger partial charge in [-0.2, -0.15) is 0 Å². The number of H-pyrrole nitrogens is 1. The van der Waals surface area contributed by atoms with E-state index in [4.69, 9.17) is 4.74 Å².